The van der Waals surface area contributed by atoms with Crippen LogP contribution in [0.25, 0.3) is 0 Å². The Bertz CT molecular complexity index is 846. The molecule has 2 heterocycles. The quantitative estimate of drug-likeness (QED) is 0.821. The van der Waals surface area contributed by atoms with Crippen LogP contribution in [0.3, 0.4) is 0 Å². The summed E-state index contributed by atoms with van der Waals surface area (Å²) in [6, 6.07) is 10.5. The van der Waals surface area contributed by atoms with E-state index in [0.717, 1.165) is 18.4 Å². The van der Waals surface area contributed by atoms with Gasteiger partial charge in [0.25, 0.3) is 5.91 Å². The zero-order chi connectivity index (χ0) is 19.4. The van der Waals surface area contributed by atoms with Gasteiger partial charge in [-0.1, -0.05) is 23.7 Å². The number of ether oxygens (including phenoxy) is 1. The number of aryl methyl sites for hydroxylation is 1. The average molecular weight is 389 g/mol. The number of hydrogen-bond donors (Lipinski definition) is 2. The molecule has 142 valence electrons. The van der Waals surface area contributed by atoms with Crippen LogP contribution in [0.4, 0.5) is 0 Å². The highest BCUT2D eigenvalue weighted by atomic mass is 35.5. The molecule has 1 aliphatic rings. The number of aromatic nitrogens is 1. The molecule has 6 nitrogen and oxygen atoms in total. The van der Waals surface area contributed by atoms with Gasteiger partial charge in [-0.05, 0) is 49.6 Å². The summed E-state index contributed by atoms with van der Waals surface area (Å²) in [5, 5.41) is 12.7. The first-order valence-corrected chi connectivity index (χ1v) is 9.12. The van der Waals surface area contributed by atoms with Crippen molar-refractivity contribution in [3.05, 3.63) is 63.9 Å². The molecule has 1 amide bonds. The largest absolute Gasteiger partial charge is 0.478 e. The molecule has 0 bridgehead atoms. The van der Waals surface area contributed by atoms with Gasteiger partial charge in [0.2, 0.25) is 0 Å². The molecule has 1 fully saturated rings. The number of aromatic carboxylic acids is 1. The van der Waals surface area contributed by atoms with E-state index in [4.69, 9.17) is 21.4 Å². The van der Waals surface area contributed by atoms with Gasteiger partial charge < -0.3 is 15.2 Å². The van der Waals surface area contributed by atoms with Gasteiger partial charge >= 0.3 is 5.97 Å². The summed E-state index contributed by atoms with van der Waals surface area (Å²) < 4.78 is 5.51. The highest BCUT2D eigenvalue weighted by molar-refractivity contribution is 6.30. The summed E-state index contributed by atoms with van der Waals surface area (Å²) in [5.41, 5.74) is 1.49. The summed E-state index contributed by atoms with van der Waals surface area (Å²) >= 11 is 6.01. The molecule has 0 radical (unpaired) electrons. The van der Waals surface area contributed by atoms with E-state index in [1.165, 1.54) is 12.1 Å². The Labute approximate surface area is 162 Å². The minimum atomic E-state index is -1.06. The number of carboxylic acid groups (broad SMARTS) is 1. The Morgan fingerprint density at radius 3 is 2.44 bits per heavy atom. The van der Waals surface area contributed by atoms with Crippen LogP contribution in [0.2, 0.25) is 5.02 Å². The SMILES string of the molecule is Cc1nc(C(=O)NCC2(c3ccc(Cl)cc3)CCOCC2)ccc1C(=O)O. The van der Waals surface area contributed by atoms with Crippen molar-refractivity contribution in [3.63, 3.8) is 0 Å². The molecule has 0 spiro atoms. The second-order valence-electron chi connectivity index (χ2n) is 6.72. The summed E-state index contributed by atoms with van der Waals surface area (Å²) in [6.45, 7) is 3.28. The van der Waals surface area contributed by atoms with Crippen LogP contribution in [-0.2, 0) is 10.2 Å². The molecule has 1 aromatic carbocycles. The fourth-order valence-electron chi connectivity index (χ4n) is 3.39. The second kappa shape index (κ2) is 8.06. The van der Waals surface area contributed by atoms with E-state index in [2.05, 4.69) is 10.3 Å². The molecule has 7 heteroatoms. The van der Waals surface area contributed by atoms with E-state index in [0.29, 0.717) is 30.5 Å². The number of amides is 1. The summed E-state index contributed by atoms with van der Waals surface area (Å²) in [4.78, 5) is 27.8. The molecule has 0 aliphatic carbocycles. The predicted molar refractivity (Wildman–Crippen MR) is 101 cm³/mol. The van der Waals surface area contributed by atoms with Crippen molar-refractivity contribution in [3.8, 4) is 0 Å². The smallest absolute Gasteiger partial charge is 0.337 e. The molecule has 1 aromatic heterocycles. The van der Waals surface area contributed by atoms with Gasteiger partial charge in [-0.15, -0.1) is 0 Å². The van der Waals surface area contributed by atoms with Crippen LogP contribution in [0.5, 0.6) is 0 Å². The lowest BCUT2D eigenvalue weighted by atomic mass is 9.74. The van der Waals surface area contributed by atoms with E-state index in [9.17, 15) is 9.59 Å². The normalized spacial score (nSPS) is 15.9. The molecular formula is C20H21ClN2O4. The Morgan fingerprint density at radius 2 is 1.85 bits per heavy atom. The molecular weight excluding hydrogens is 368 g/mol. The lowest BCUT2D eigenvalue weighted by Gasteiger charge is -2.38. The molecule has 1 saturated heterocycles. The number of benzene rings is 1. The van der Waals surface area contributed by atoms with Crippen molar-refractivity contribution in [1.82, 2.24) is 10.3 Å². The first kappa shape index (κ1) is 19.3. The molecule has 3 rings (SSSR count). The molecule has 0 saturated carbocycles. The van der Waals surface area contributed by atoms with Crippen LogP contribution in [0.15, 0.2) is 36.4 Å². The Balaban J connectivity index is 1.77. The van der Waals surface area contributed by atoms with E-state index < -0.39 is 5.97 Å². The number of nitrogens with zero attached hydrogens (tertiary/aromatic N) is 1. The van der Waals surface area contributed by atoms with Gasteiger partial charge in [-0.3, -0.25) is 4.79 Å². The number of nitrogens with one attached hydrogen (secondary N) is 1. The van der Waals surface area contributed by atoms with Crippen molar-refractivity contribution < 1.29 is 19.4 Å². The van der Waals surface area contributed by atoms with Crippen molar-refractivity contribution in [2.45, 2.75) is 25.2 Å². The number of hydrogen-bond acceptors (Lipinski definition) is 4. The minimum absolute atomic E-state index is 0.0913. The fourth-order valence-corrected chi connectivity index (χ4v) is 3.51. The lowest BCUT2D eigenvalue weighted by Crippen LogP contribution is -2.44. The van der Waals surface area contributed by atoms with Crippen molar-refractivity contribution >= 4 is 23.5 Å². The Morgan fingerprint density at radius 1 is 1.19 bits per heavy atom. The number of rotatable bonds is 5. The van der Waals surface area contributed by atoms with Gasteiger partial charge in [0.15, 0.2) is 0 Å². The van der Waals surface area contributed by atoms with Gasteiger partial charge in [0.05, 0.1) is 11.3 Å². The topological polar surface area (TPSA) is 88.5 Å². The highest BCUT2D eigenvalue weighted by Gasteiger charge is 2.35. The van der Waals surface area contributed by atoms with Gasteiger partial charge in [0, 0.05) is 30.2 Å². The predicted octanol–water partition coefficient (Wildman–Crippen LogP) is 3.22. The summed E-state index contributed by atoms with van der Waals surface area (Å²) in [6.07, 6.45) is 1.58. The second-order valence-corrected chi connectivity index (χ2v) is 7.15. The van der Waals surface area contributed by atoms with Gasteiger partial charge in [-0.25, -0.2) is 9.78 Å². The van der Waals surface area contributed by atoms with Crippen molar-refractivity contribution in [2.75, 3.05) is 19.8 Å². The molecule has 2 aromatic rings. The molecule has 1 aliphatic heterocycles. The Kier molecular flexibility index (Phi) is 5.77. The summed E-state index contributed by atoms with van der Waals surface area (Å²) in [5.74, 6) is -1.38. The monoisotopic (exact) mass is 388 g/mol. The molecule has 27 heavy (non-hydrogen) atoms. The van der Waals surface area contributed by atoms with E-state index >= 15 is 0 Å². The average Bonchev–Trinajstić information content (AvgIpc) is 2.67. The molecule has 0 unspecified atom stereocenters. The maximum Gasteiger partial charge on any atom is 0.337 e. The number of pyridine rings is 1. The third-order valence-corrected chi connectivity index (χ3v) is 5.29. The maximum atomic E-state index is 12.6. The van der Waals surface area contributed by atoms with Crippen LogP contribution < -0.4 is 5.32 Å². The number of halogens is 1. The summed E-state index contributed by atoms with van der Waals surface area (Å²) in [7, 11) is 0. The highest BCUT2D eigenvalue weighted by Crippen LogP contribution is 2.35. The lowest BCUT2D eigenvalue weighted by molar-refractivity contribution is 0.0486. The number of carboxylic acids is 1. The minimum Gasteiger partial charge on any atom is -0.478 e. The van der Waals surface area contributed by atoms with E-state index in [1.54, 1.807) is 6.92 Å². The Hall–Kier alpha value is -2.44. The first-order valence-electron chi connectivity index (χ1n) is 8.74. The third kappa shape index (κ3) is 4.28. The van der Waals surface area contributed by atoms with E-state index in [1.807, 2.05) is 24.3 Å². The fraction of sp³-hybridized carbons (Fsp3) is 0.350. The zero-order valence-corrected chi connectivity index (χ0v) is 15.8. The standard InChI is InChI=1S/C20H21ClN2O4/c1-13-16(19(25)26)6-7-17(23-13)18(24)22-12-20(8-10-27-11-9-20)14-2-4-15(21)5-3-14/h2-7H,8-12H2,1H3,(H,22,24)(H,25,26). The van der Waals surface area contributed by atoms with Crippen LogP contribution >= 0.6 is 11.6 Å². The van der Waals surface area contributed by atoms with Crippen LogP contribution in [-0.4, -0.2) is 41.7 Å². The molecule has 0 atom stereocenters. The third-order valence-electron chi connectivity index (χ3n) is 5.04. The first-order chi connectivity index (χ1) is 12.9. The van der Waals surface area contributed by atoms with E-state index in [-0.39, 0.29) is 22.6 Å². The van der Waals surface area contributed by atoms with Crippen molar-refractivity contribution in [2.24, 2.45) is 0 Å². The van der Waals surface area contributed by atoms with Gasteiger partial charge in [-0.2, -0.15) is 0 Å². The van der Waals surface area contributed by atoms with Crippen molar-refractivity contribution in [1.29, 1.82) is 0 Å². The van der Waals surface area contributed by atoms with Gasteiger partial charge in [0.1, 0.15) is 5.69 Å². The van der Waals surface area contributed by atoms with Crippen LogP contribution in [0, 0.1) is 6.92 Å². The maximum absolute atomic E-state index is 12.6. The number of carbonyl (C=O) groups is 2. The molecule has 2 N–H and O–H groups in total. The number of carbonyl (C=O) groups excluding carboxylic acids is 1. The van der Waals surface area contributed by atoms with Crippen LogP contribution in [0.1, 0.15) is 44.9 Å². The zero-order valence-electron chi connectivity index (χ0n) is 15.0.